The molecule has 1 aliphatic rings. The summed E-state index contributed by atoms with van der Waals surface area (Å²) in [7, 11) is 0. The summed E-state index contributed by atoms with van der Waals surface area (Å²) < 4.78 is 16.3. The number of ketones is 1. The van der Waals surface area contributed by atoms with Gasteiger partial charge in [0.1, 0.15) is 11.3 Å². The molecule has 0 saturated carbocycles. The maximum atomic E-state index is 12.5. The minimum Gasteiger partial charge on any atom is -0.422 e. The van der Waals surface area contributed by atoms with E-state index in [9.17, 15) is 9.59 Å². The molecule has 2 aromatic heterocycles. The van der Waals surface area contributed by atoms with Gasteiger partial charge >= 0.3 is 5.97 Å². The lowest BCUT2D eigenvalue weighted by molar-refractivity contribution is -0.130. The van der Waals surface area contributed by atoms with E-state index in [2.05, 4.69) is 9.97 Å². The van der Waals surface area contributed by atoms with E-state index in [1.54, 1.807) is 24.3 Å². The minimum absolute atomic E-state index is 0.0375. The lowest BCUT2D eigenvalue weighted by Crippen LogP contribution is -2.24. The highest BCUT2D eigenvalue weighted by Gasteiger charge is 2.31. The van der Waals surface area contributed by atoms with Gasteiger partial charge < -0.3 is 13.6 Å². The molecule has 27 heavy (non-hydrogen) atoms. The number of rotatable bonds is 2. The summed E-state index contributed by atoms with van der Waals surface area (Å²) in [5.74, 6) is -0.560. The van der Waals surface area contributed by atoms with Gasteiger partial charge in [-0.15, -0.1) is 0 Å². The van der Waals surface area contributed by atoms with Crippen molar-refractivity contribution in [3.05, 3.63) is 71.6 Å². The van der Waals surface area contributed by atoms with Crippen LogP contribution < -0.4 is 4.74 Å². The van der Waals surface area contributed by atoms with E-state index in [0.717, 1.165) is 5.56 Å². The van der Waals surface area contributed by atoms with Crippen LogP contribution in [-0.2, 0) is 4.79 Å². The average molecular weight is 358 g/mol. The maximum Gasteiger partial charge on any atom is 0.347 e. The first-order chi connectivity index (χ1) is 13.2. The van der Waals surface area contributed by atoms with Crippen molar-refractivity contribution in [3.63, 3.8) is 0 Å². The number of benzene rings is 2. The Morgan fingerprint density at radius 2 is 1.56 bits per heavy atom. The first-order valence-corrected chi connectivity index (χ1v) is 8.09. The van der Waals surface area contributed by atoms with Gasteiger partial charge in [0.15, 0.2) is 0 Å². The summed E-state index contributed by atoms with van der Waals surface area (Å²) in [6, 6.07) is 15.8. The number of ether oxygens (including phenoxy) is 1. The summed E-state index contributed by atoms with van der Waals surface area (Å²) >= 11 is 0. The number of hydrogen-bond donors (Lipinski definition) is 0. The average Bonchev–Trinajstić information content (AvgIpc) is 3.24. The van der Waals surface area contributed by atoms with Crippen molar-refractivity contribution >= 4 is 29.3 Å². The van der Waals surface area contributed by atoms with Crippen LogP contribution in [0.25, 0.3) is 29.0 Å². The fourth-order valence-corrected chi connectivity index (χ4v) is 2.81. The van der Waals surface area contributed by atoms with E-state index in [1.165, 1.54) is 6.08 Å². The van der Waals surface area contributed by atoms with Crippen molar-refractivity contribution in [2.24, 2.45) is 0 Å². The molecule has 0 saturated heterocycles. The van der Waals surface area contributed by atoms with E-state index in [4.69, 9.17) is 13.6 Å². The normalized spacial score (nSPS) is 15.2. The quantitative estimate of drug-likeness (QED) is 0.233. The molecule has 7 nitrogen and oxygen atoms in total. The van der Waals surface area contributed by atoms with Crippen LogP contribution in [0.2, 0.25) is 0 Å². The summed E-state index contributed by atoms with van der Waals surface area (Å²) in [5.41, 5.74) is 1.28. The molecule has 7 heteroatoms. The van der Waals surface area contributed by atoms with E-state index in [-0.39, 0.29) is 28.6 Å². The van der Waals surface area contributed by atoms with Crippen LogP contribution in [0.3, 0.4) is 0 Å². The second kappa shape index (κ2) is 5.77. The van der Waals surface area contributed by atoms with Crippen molar-refractivity contribution in [2.45, 2.75) is 0 Å². The van der Waals surface area contributed by atoms with E-state index in [1.807, 2.05) is 30.3 Å². The van der Waals surface area contributed by atoms with Gasteiger partial charge in [-0.05, 0) is 24.3 Å². The van der Waals surface area contributed by atoms with Crippen molar-refractivity contribution in [3.8, 4) is 17.2 Å². The summed E-state index contributed by atoms with van der Waals surface area (Å²) in [4.78, 5) is 33.1. The second-order valence-corrected chi connectivity index (χ2v) is 5.82. The van der Waals surface area contributed by atoms with Gasteiger partial charge in [-0.1, -0.05) is 30.3 Å². The molecule has 0 unspecified atom stereocenters. The Morgan fingerprint density at radius 3 is 2.37 bits per heavy atom. The molecule has 0 N–H and O–H groups in total. The highest BCUT2D eigenvalue weighted by atomic mass is 16.5. The van der Waals surface area contributed by atoms with Crippen molar-refractivity contribution in [2.75, 3.05) is 0 Å². The Hall–Kier alpha value is -4.00. The minimum atomic E-state index is -0.758. The number of esters is 1. The molecule has 0 bridgehead atoms. The van der Waals surface area contributed by atoms with Crippen molar-refractivity contribution in [1.82, 2.24) is 9.97 Å². The molecule has 3 heterocycles. The molecule has 0 aliphatic carbocycles. The van der Waals surface area contributed by atoms with Crippen molar-refractivity contribution < 1.29 is 23.2 Å². The van der Waals surface area contributed by atoms with Gasteiger partial charge in [-0.2, -0.15) is 9.97 Å². The van der Waals surface area contributed by atoms with Gasteiger partial charge in [0.05, 0.1) is 5.56 Å². The van der Waals surface area contributed by atoms with Gasteiger partial charge in [0.25, 0.3) is 11.4 Å². The van der Waals surface area contributed by atoms with Crippen LogP contribution in [0.15, 0.2) is 69.0 Å². The zero-order valence-corrected chi connectivity index (χ0v) is 13.7. The Bertz CT molecular complexity index is 1200. The first kappa shape index (κ1) is 15.3. The van der Waals surface area contributed by atoms with E-state index >= 15 is 0 Å². The van der Waals surface area contributed by atoms with Crippen LogP contribution in [0.1, 0.15) is 16.2 Å². The van der Waals surface area contributed by atoms with Gasteiger partial charge in [0.2, 0.25) is 17.6 Å². The highest BCUT2D eigenvalue weighted by Crippen LogP contribution is 2.29. The standard InChI is InChI=1S/C20H10N2O5/c23-16-12-8-4-5-9-14(12)25-20(24)13(16)10-15-21-18-19(26-15)22-17(27-18)11-6-2-1-3-7-11/h1-10H/b13-10-. The van der Waals surface area contributed by atoms with Gasteiger partial charge in [-0.25, -0.2) is 4.79 Å². The fraction of sp³-hybridized carbons (Fsp3) is 0. The third kappa shape index (κ3) is 2.53. The fourth-order valence-electron chi connectivity index (χ4n) is 2.81. The van der Waals surface area contributed by atoms with Crippen LogP contribution in [0, 0.1) is 0 Å². The number of carbonyl (C=O) groups is 2. The predicted octanol–water partition coefficient (Wildman–Crippen LogP) is 3.67. The number of nitrogens with zero attached hydrogens (tertiary/aromatic N) is 2. The zero-order valence-electron chi connectivity index (χ0n) is 13.7. The van der Waals surface area contributed by atoms with Crippen LogP contribution >= 0.6 is 0 Å². The third-order valence-corrected chi connectivity index (χ3v) is 4.08. The molecule has 0 atom stereocenters. The number of carbonyl (C=O) groups excluding carboxylic acids is 2. The van der Waals surface area contributed by atoms with Crippen LogP contribution in [-0.4, -0.2) is 21.7 Å². The Balaban J connectivity index is 1.52. The second-order valence-electron chi connectivity index (χ2n) is 5.82. The topological polar surface area (TPSA) is 95.4 Å². The molecule has 5 rings (SSSR count). The molecule has 2 aromatic carbocycles. The Kier molecular flexibility index (Phi) is 3.26. The van der Waals surface area contributed by atoms with E-state index < -0.39 is 11.8 Å². The Morgan fingerprint density at radius 1 is 0.815 bits per heavy atom. The number of hydrogen-bond acceptors (Lipinski definition) is 7. The van der Waals surface area contributed by atoms with E-state index in [0.29, 0.717) is 11.5 Å². The lowest BCUT2D eigenvalue weighted by atomic mass is 9.99. The summed E-state index contributed by atoms with van der Waals surface area (Å²) in [5, 5.41) is 0. The zero-order chi connectivity index (χ0) is 18.4. The molecule has 0 spiro atoms. The van der Waals surface area contributed by atoms with Gasteiger partial charge in [-0.3, -0.25) is 4.79 Å². The first-order valence-electron chi connectivity index (χ1n) is 8.09. The largest absolute Gasteiger partial charge is 0.422 e. The Labute approximate surface area is 151 Å². The molecule has 1 aliphatic heterocycles. The molecule has 0 fully saturated rings. The number of oxazole rings is 2. The smallest absolute Gasteiger partial charge is 0.347 e. The molecule has 0 amide bonds. The van der Waals surface area contributed by atoms with Crippen molar-refractivity contribution in [1.29, 1.82) is 0 Å². The highest BCUT2D eigenvalue weighted by molar-refractivity contribution is 6.30. The molecule has 4 aromatic rings. The van der Waals surface area contributed by atoms with Crippen LogP contribution in [0.5, 0.6) is 5.75 Å². The van der Waals surface area contributed by atoms with Gasteiger partial charge in [0, 0.05) is 11.6 Å². The number of aromatic nitrogens is 2. The molecule has 0 radical (unpaired) electrons. The lowest BCUT2D eigenvalue weighted by Gasteiger charge is -2.15. The maximum absolute atomic E-state index is 12.5. The molecule has 130 valence electrons. The predicted molar refractivity (Wildman–Crippen MR) is 93.9 cm³/mol. The number of Topliss-reactive ketones (excluding diaryl/α,β-unsaturated/α-hetero) is 1. The third-order valence-electron chi connectivity index (χ3n) is 4.08. The number of para-hydroxylation sites is 1. The summed E-state index contributed by atoms with van der Waals surface area (Å²) in [6.45, 7) is 0. The monoisotopic (exact) mass is 358 g/mol. The number of fused-ring (bicyclic) bond motifs is 2. The molecular formula is C20H10N2O5. The summed E-state index contributed by atoms with van der Waals surface area (Å²) in [6.07, 6.45) is 1.24. The SMILES string of the molecule is O=C1Oc2ccccc2C(=O)/C1=C/c1nc2oc(-c3ccccc3)nc2o1. The molecular weight excluding hydrogens is 348 g/mol. The van der Waals surface area contributed by atoms with Crippen LogP contribution in [0.4, 0.5) is 0 Å².